The highest BCUT2D eigenvalue weighted by Crippen LogP contribution is 2.42. The van der Waals surface area contributed by atoms with Crippen LogP contribution in [0.15, 0.2) is 34.3 Å². The predicted molar refractivity (Wildman–Crippen MR) is 82.7 cm³/mol. The van der Waals surface area contributed by atoms with Crippen molar-refractivity contribution in [1.82, 2.24) is 0 Å². The normalized spacial score (nSPS) is 24.0. The monoisotopic (exact) mass is 302 g/mol. The van der Waals surface area contributed by atoms with Crippen LogP contribution in [0, 0.1) is 6.92 Å². The van der Waals surface area contributed by atoms with Gasteiger partial charge in [0.1, 0.15) is 11.2 Å². The molecule has 0 N–H and O–H groups in total. The molecule has 0 atom stereocenters. The summed E-state index contributed by atoms with van der Waals surface area (Å²) < 4.78 is 11.7. The lowest BCUT2D eigenvalue weighted by Gasteiger charge is -2.46. The van der Waals surface area contributed by atoms with E-state index in [1.54, 1.807) is 19.9 Å². The van der Waals surface area contributed by atoms with Gasteiger partial charge < -0.3 is 9.47 Å². The summed E-state index contributed by atoms with van der Waals surface area (Å²) in [6.07, 6.45) is 2.02. The minimum atomic E-state index is -0.724. The zero-order chi connectivity index (χ0) is 16.9. The molecule has 0 spiro atoms. The number of ether oxygens (including phenoxy) is 2. The maximum atomic E-state index is 12.7. The standard InChI is InChI=1S/C18H22O4/c1-10(2)8-9-12-11(3)13(19)15-16(14(12)20)22-18(6,7)17(4,5)21-15/h1,8H,9H2,2-7H3/b10-8-. The Morgan fingerprint density at radius 3 is 1.95 bits per heavy atom. The van der Waals surface area contributed by atoms with E-state index in [0.717, 1.165) is 0 Å². The van der Waals surface area contributed by atoms with Gasteiger partial charge >= 0.3 is 0 Å². The molecule has 2 aliphatic rings. The van der Waals surface area contributed by atoms with Gasteiger partial charge in [-0.25, -0.2) is 0 Å². The Labute approximate surface area is 131 Å². The van der Waals surface area contributed by atoms with E-state index in [-0.39, 0.29) is 23.1 Å². The lowest BCUT2D eigenvalue weighted by molar-refractivity contribution is -0.177. The topological polar surface area (TPSA) is 52.6 Å². The van der Waals surface area contributed by atoms with Gasteiger partial charge in [-0.05, 0) is 54.9 Å². The summed E-state index contributed by atoms with van der Waals surface area (Å²) in [5.41, 5.74) is -0.0407. The van der Waals surface area contributed by atoms with Crippen LogP contribution in [-0.2, 0) is 19.1 Å². The third-order valence-electron chi connectivity index (χ3n) is 4.48. The minimum absolute atomic E-state index is 0.0120. The quantitative estimate of drug-likeness (QED) is 0.734. The highest BCUT2D eigenvalue weighted by atomic mass is 16.6. The molecule has 0 saturated carbocycles. The van der Waals surface area contributed by atoms with Crippen molar-refractivity contribution in [2.75, 3.05) is 0 Å². The average Bonchev–Trinajstić information content (AvgIpc) is 2.38. The summed E-state index contributed by atoms with van der Waals surface area (Å²) in [4.78, 5) is 25.2. The molecule has 0 aromatic rings. The van der Waals surface area contributed by atoms with Crippen molar-refractivity contribution in [3.63, 3.8) is 0 Å². The third-order valence-corrected chi connectivity index (χ3v) is 4.48. The molecule has 4 heteroatoms. The number of allylic oxidation sites excluding steroid dienone is 4. The van der Waals surface area contributed by atoms with Crippen molar-refractivity contribution < 1.29 is 19.1 Å². The summed E-state index contributed by atoms with van der Waals surface area (Å²) in [7, 11) is 0. The van der Waals surface area contributed by atoms with E-state index in [0.29, 0.717) is 23.1 Å². The molecular formula is C18H22O4. The second kappa shape index (κ2) is 5.11. The second-order valence-electron chi connectivity index (χ2n) is 6.80. The molecule has 1 aliphatic carbocycles. The molecule has 2 rings (SSSR count). The van der Waals surface area contributed by atoms with E-state index in [2.05, 4.69) is 0 Å². The number of hydrogen-bond acceptors (Lipinski definition) is 4. The molecule has 0 aromatic carbocycles. The fourth-order valence-electron chi connectivity index (χ4n) is 2.27. The van der Waals surface area contributed by atoms with Crippen molar-refractivity contribution in [2.45, 2.75) is 59.2 Å². The molecule has 2 radical (unpaired) electrons. The first-order valence-corrected chi connectivity index (χ1v) is 7.31. The van der Waals surface area contributed by atoms with Crippen LogP contribution in [0.2, 0.25) is 0 Å². The fraction of sp³-hybridized carbons (Fsp3) is 0.500. The van der Waals surface area contributed by atoms with Gasteiger partial charge in [0.15, 0.2) is 0 Å². The molecule has 0 amide bonds. The predicted octanol–water partition coefficient (Wildman–Crippen LogP) is 3.32. The SMILES string of the molecule is [CH]/C(C)=C/CC1=C(C)C(=O)C2=C(OC(C)(C)C(C)(C)O2)C1=O. The van der Waals surface area contributed by atoms with E-state index in [1.165, 1.54) is 0 Å². The van der Waals surface area contributed by atoms with Gasteiger partial charge in [0.25, 0.3) is 0 Å². The van der Waals surface area contributed by atoms with Gasteiger partial charge in [-0.3, -0.25) is 9.59 Å². The Balaban J connectivity index is 2.47. The van der Waals surface area contributed by atoms with Crippen LogP contribution < -0.4 is 0 Å². The number of hydrogen-bond donors (Lipinski definition) is 0. The van der Waals surface area contributed by atoms with Crippen molar-refractivity contribution in [1.29, 1.82) is 0 Å². The zero-order valence-electron chi connectivity index (χ0n) is 14.0. The number of ketones is 2. The number of rotatable bonds is 2. The fourth-order valence-corrected chi connectivity index (χ4v) is 2.27. The first-order valence-electron chi connectivity index (χ1n) is 7.31. The summed E-state index contributed by atoms with van der Waals surface area (Å²) in [5, 5.41) is 0. The van der Waals surface area contributed by atoms with E-state index >= 15 is 0 Å². The van der Waals surface area contributed by atoms with Crippen LogP contribution >= 0.6 is 0 Å². The van der Waals surface area contributed by atoms with Gasteiger partial charge in [-0.2, -0.15) is 0 Å². The van der Waals surface area contributed by atoms with E-state index in [1.807, 2.05) is 27.7 Å². The highest BCUT2D eigenvalue weighted by molar-refractivity contribution is 6.23. The minimum Gasteiger partial charge on any atom is -0.476 e. The van der Waals surface area contributed by atoms with Crippen LogP contribution in [-0.4, -0.2) is 22.8 Å². The maximum absolute atomic E-state index is 12.7. The van der Waals surface area contributed by atoms with Gasteiger partial charge in [0.05, 0.1) is 0 Å². The molecule has 0 aromatic heterocycles. The summed E-state index contributed by atoms with van der Waals surface area (Å²) >= 11 is 0. The third kappa shape index (κ3) is 2.51. The first kappa shape index (κ1) is 16.5. The number of carbonyl (C=O) groups excluding carboxylic acids is 2. The molecule has 0 fully saturated rings. The van der Waals surface area contributed by atoms with Crippen molar-refractivity contribution in [2.24, 2.45) is 0 Å². The van der Waals surface area contributed by atoms with Crippen LogP contribution in [0.25, 0.3) is 0 Å². The van der Waals surface area contributed by atoms with Crippen LogP contribution in [0.3, 0.4) is 0 Å². The number of carbonyl (C=O) groups is 2. The largest absolute Gasteiger partial charge is 0.476 e. The Bertz CT molecular complexity index is 638. The molecule has 118 valence electrons. The molecular weight excluding hydrogens is 280 g/mol. The van der Waals surface area contributed by atoms with Crippen LogP contribution in [0.4, 0.5) is 0 Å². The molecule has 4 nitrogen and oxygen atoms in total. The molecule has 1 heterocycles. The second-order valence-corrected chi connectivity index (χ2v) is 6.80. The van der Waals surface area contributed by atoms with Crippen molar-refractivity contribution >= 4 is 11.6 Å². The summed E-state index contributed by atoms with van der Waals surface area (Å²) in [6.45, 7) is 16.3. The average molecular weight is 302 g/mol. The molecule has 22 heavy (non-hydrogen) atoms. The van der Waals surface area contributed by atoms with Crippen molar-refractivity contribution in [3.05, 3.63) is 41.2 Å². The van der Waals surface area contributed by atoms with Gasteiger partial charge in [-0.1, -0.05) is 11.6 Å². The Hall–Kier alpha value is -1.84. The summed E-state index contributed by atoms with van der Waals surface area (Å²) in [5.74, 6) is -0.563. The Morgan fingerprint density at radius 2 is 1.50 bits per heavy atom. The van der Waals surface area contributed by atoms with Gasteiger partial charge in [-0.15, -0.1) is 0 Å². The number of Topliss-reactive ketones (excluding diaryl/α,β-unsaturated/α-hetero) is 2. The lowest BCUT2D eigenvalue weighted by atomic mass is 9.84. The van der Waals surface area contributed by atoms with Gasteiger partial charge in [0.2, 0.25) is 23.1 Å². The maximum Gasteiger partial charge on any atom is 0.228 e. The Kier molecular flexibility index (Phi) is 3.84. The molecule has 0 bridgehead atoms. The molecule has 0 saturated heterocycles. The van der Waals surface area contributed by atoms with Crippen molar-refractivity contribution in [3.8, 4) is 0 Å². The van der Waals surface area contributed by atoms with Gasteiger partial charge in [0, 0.05) is 11.1 Å². The Morgan fingerprint density at radius 1 is 1.05 bits per heavy atom. The van der Waals surface area contributed by atoms with E-state index in [9.17, 15) is 9.59 Å². The summed E-state index contributed by atoms with van der Waals surface area (Å²) in [6, 6.07) is 0. The highest BCUT2D eigenvalue weighted by Gasteiger charge is 2.51. The zero-order valence-corrected chi connectivity index (χ0v) is 14.0. The first-order chi connectivity index (χ1) is 9.98. The lowest BCUT2D eigenvalue weighted by Crippen LogP contribution is -2.54. The van der Waals surface area contributed by atoms with Crippen LogP contribution in [0.5, 0.6) is 0 Å². The molecule has 1 aliphatic heterocycles. The van der Waals surface area contributed by atoms with E-state index < -0.39 is 11.2 Å². The van der Waals surface area contributed by atoms with Crippen LogP contribution in [0.1, 0.15) is 48.0 Å². The smallest absolute Gasteiger partial charge is 0.228 e. The molecule has 0 unspecified atom stereocenters. The van der Waals surface area contributed by atoms with E-state index in [4.69, 9.17) is 16.4 Å².